The summed E-state index contributed by atoms with van der Waals surface area (Å²) >= 11 is 0. The van der Waals surface area contributed by atoms with Crippen molar-refractivity contribution in [1.82, 2.24) is 14.6 Å². The van der Waals surface area contributed by atoms with Crippen LogP contribution in [0, 0.1) is 0 Å². The molecule has 0 saturated heterocycles. The van der Waals surface area contributed by atoms with Crippen LogP contribution in [0.3, 0.4) is 0 Å². The Bertz CT molecular complexity index is 394. The number of nitrogen functional groups attached to an aromatic ring is 1. The van der Waals surface area contributed by atoms with E-state index in [1.54, 1.807) is 6.20 Å². The SMILES string of the molecule is Nc1ncc2cc(O)cnn12. The molecule has 0 atom stereocenters. The molecule has 0 spiro atoms. The first-order chi connectivity index (χ1) is 5.27. The summed E-state index contributed by atoms with van der Waals surface area (Å²) < 4.78 is 1.44. The van der Waals surface area contributed by atoms with Gasteiger partial charge in [-0.05, 0) is 0 Å². The molecule has 2 aromatic rings. The minimum Gasteiger partial charge on any atom is -0.506 e. The molecular formula is C6H6N4O. The Balaban J connectivity index is 2.86. The van der Waals surface area contributed by atoms with Crippen LogP contribution < -0.4 is 5.73 Å². The molecule has 0 bridgehead atoms. The molecule has 0 saturated carbocycles. The number of nitrogens with zero attached hydrogens (tertiary/aromatic N) is 3. The number of anilines is 1. The number of imidazole rings is 1. The molecule has 2 aromatic heterocycles. The van der Waals surface area contributed by atoms with Crippen LogP contribution in [0.5, 0.6) is 5.75 Å². The third-order valence-corrected chi connectivity index (χ3v) is 1.39. The van der Waals surface area contributed by atoms with Crippen LogP contribution in [0.2, 0.25) is 0 Å². The molecule has 2 heterocycles. The second-order valence-electron chi connectivity index (χ2n) is 2.17. The van der Waals surface area contributed by atoms with Crippen LogP contribution >= 0.6 is 0 Å². The smallest absolute Gasteiger partial charge is 0.221 e. The zero-order valence-corrected chi connectivity index (χ0v) is 5.60. The lowest BCUT2D eigenvalue weighted by Crippen LogP contribution is -1.96. The van der Waals surface area contributed by atoms with Gasteiger partial charge in [-0.2, -0.15) is 9.61 Å². The zero-order valence-electron chi connectivity index (χ0n) is 5.60. The van der Waals surface area contributed by atoms with Gasteiger partial charge in [-0.25, -0.2) is 4.98 Å². The molecular weight excluding hydrogens is 144 g/mol. The highest BCUT2D eigenvalue weighted by Gasteiger charge is 1.99. The van der Waals surface area contributed by atoms with Crippen LogP contribution in [0.1, 0.15) is 0 Å². The maximum Gasteiger partial charge on any atom is 0.221 e. The number of aromatic nitrogens is 3. The maximum absolute atomic E-state index is 9.00. The van der Waals surface area contributed by atoms with Gasteiger partial charge in [0.05, 0.1) is 17.9 Å². The second kappa shape index (κ2) is 1.85. The molecule has 5 heteroatoms. The molecule has 2 rings (SSSR count). The second-order valence-corrected chi connectivity index (χ2v) is 2.17. The number of aromatic hydroxyl groups is 1. The Morgan fingerprint density at radius 2 is 2.27 bits per heavy atom. The molecule has 0 aliphatic heterocycles. The Kier molecular flexibility index (Phi) is 1.00. The highest BCUT2D eigenvalue weighted by molar-refractivity contribution is 5.51. The highest BCUT2D eigenvalue weighted by Crippen LogP contribution is 2.11. The van der Waals surface area contributed by atoms with Gasteiger partial charge in [0.2, 0.25) is 5.95 Å². The predicted octanol–water partition coefficient (Wildman–Crippen LogP) is 0.0171. The standard InChI is InChI=1S/C6H6N4O/c7-6-8-2-4-1-5(11)3-9-10(4)6/h1-3,11H,(H2,7,8). The Morgan fingerprint density at radius 3 is 3.09 bits per heavy atom. The number of nitrogens with two attached hydrogens (primary N) is 1. The Labute approximate surface area is 62.1 Å². The lowest BCUT2D eigenvalue weighted by molar-refractivity contribution is 0.471. The maximum atomic E-state index is 9.00. The fourth-order valence-corrected chi connectivity index (χ4v) is 0.904. The quantitative estimate of drug-likeness (QED) is 0.555. The van der Waals surface area contributed by atoms with E-state index in [4.69, 9.17) is 10.8 Å². The average Bonchev–Trinajstić information content (AvgIpc) is 2.32. The summed E-state index contributed by atoms with van der Waals surface area (Å²) in [5, 5.41) is 12.8. The van der Waals surface area contributed by atoms with Crippen molar-refractivity contribution in [3.8, 4) is 5.75 Å². The van der Waals surface area contributed by atoms with Crippen molar-refractivity contribution in [2.75, 3.05) is 5.73 Å². The van der Waals surface area contributed by atoms with E-state index in [0.29, 0.717) is 11.5 Å². The summed E-state index contributed by atoms with van der Waals surface area (Å²) in [6, 6.07) is 1.54. The first-order valence-electron chi connectivity index (χ1n) is 3.05. The van der Waals surface area contributed by atoms with E-state index in [2.05, 4.69) is 10.1 Å². The molecule has 56 valence electrons. The van der Waals surface area contributed by atoms with Crippen molar-refractivity contribution in [1.29, 1.82) is 0 Å². The fraction of sp³-hybridized carbons (Fsp3) is 0. The minimum atomic E-state index is 0.109. The van der Waals surface area contributed by atoms with Gasteiger partial charge >= 0.3 is 0 Å². The third-order valence-electron chi connectivity index (χ3n) is 1.39. The van der Waals surface area contributed by atoms with E-state index >= 15 is 0 Å². The molecule has 0 unspecified atom stereocenters. The van der Waals surface area contributed by atoms with Crippen molar-refractivity contribution < 1.29 is 5.11 Å². The van der Waals surface area contributed by atoms with Crippen molar-refractivity contribution in [2.45, 2.75) is 0 Å². The van der Waals surface area contributed by atoms with Gasteiger partial charge in [0, 0.05) is 6.07 Å². The normalized spacial score (nSPS) is 10.5. The number of rotatable bonds is 0. The lowest BCUT2D eigenvalue weighted by atomic mass is 10.4. The van der Waals surface area contributed by atoms with Gasteiger partial charge in [-0.1, -0.05) is 0 Å². The monoisotopic (exact) mass is 150 g/mol. The van der Waals surface area contributed by atoms with E-state index < -0.39 is 0 Å². The highest BCUT2D eigenvalue weighted by atomic mass is 16.3. The molecule has 0 aliphatic carbocycles. The molecule has 0 amide bonds. The number of hydrogen-bond donors (Lipinski definition) is 2. The first kappa shape index (κ1) is 5.96. The number of fused-ring (bicyclic) bond motifs is 1. The van der Waals surface area contributed by atoms with E-state index in [9.17, 15) is 0 Å². The largest absolute Gasteiger partial charge is 0.506 e. The number of hydrogen-bond acceptors (Lipinski definition) is 4. The summed E-state index contributed by atoms with van der Waals surface area (Å²) in [5.74, 6) is 0.428. The van der Waals surface area contributed by atoms with Gasteiger partial charge in [0.15, 0.2) is 0 Å². The third kappa shape index (κ3) is 0.778. The van der Waals surface area contributed by atoms with Crippen LogP contribution in [-0.2, 0) is 0 Å². The molecule has 3 N–H and O–H groups in total. The van der Waals surface area contributed by atoms with Gasteiger partial charge in [0.1, 0.15) is 5.75 Å². The summed E-state index contributed by atoms with van der Waals surface area (Å²) in [6.45, 7) is 0. The lowest BCUT2D eigenvalue weighted by Gasteiger charge is -1.93. The van der Waals surface area contributed by atoms with E-state index in [1.807, 2.05) is 0 Å². The average molecular weight is 150 g/mol. The van der Waals surface area contributed by atoms with E-state index in [1.165, 1.54) is 16.8 Å². The summed E-state index contributed by atoms with van der Waals surface area (Å²) in [4.78, 5) is 3.80. The molecule has 0 radical (unpaired) electrons. The molecule has 0 aromatic carbocycles. The molecule has 0 fully saturated rings. The predicted molar refractivity (Wildman–Crippen MR) is 39.1 cm³/mol. The Morgan fingerprint density at radius 1 is 1.45 bits per heavy atom. The van der Waals surface area contributed by atoms with Crippen molar-refractivity contribution in [3.05, 3.63) is 18.5 Å². The van der Waals surface area contributed by atoms with Crippen molar-refractivity contribution >= 4 is 11.5 Å². The fourth-order valence-electron chi connectivity index (χ4n) is 0.904. The van der Waals surface area contributed by atoms with Gasteiger partial charge in [0.25, 0.3) is 0 Å². The molecule has 0 aliphatic rings. The minimum absolute atomic E-state index is 0.109. The van der Waals surface area contributed by atoms with Gasteiger partial charge < -0.3 is 10.8 Å². The summed E-state index contributed by atoms with van der Waals surface area (Å²) in [7, 11) is 0. The van der Waals surface area contributed by atoms with E-state index in [0.717, 1.165) is 0 Å². The molecule has 5 nitrogen and oxygen atoms in total. The summed E-state index contributed by atoms with van der Waals surface area (Å²) in [6.07, 6.45) is 2.85. The van der Waals surface area contributed by atoms with Gasteiger partial charge in [-0.3, -0.25) is 0 Å². The zero-order chi connectivity index (χ0) is 7.84. The van der Waals surface area contributed by atoms with Gasteiger partial charge in [-0.15, -0.1) is 0 Å². The van der Waals surface area contributed by atoms with Crippen LogP contribution in [0.15, 0.2) is 18.5 Å². The summed E-state index contributed by atoms with van der Waals surface area (Å²) in [5.41, 5.74) is 6.12. The van der Waals surface area contributed by atoms with Crippen LogP contribution in [-0.4, -0.2) is 19.7 Å². The van der Waals surface area contributed by atoms with Crippen LogP contribution in [0.4, 0.5) is 5.95 Å². The van der Waals surface area contributed by atoms with Crippen molar-refractivity contribution in [2.24, 2.45) is 0 Å². The van der Waals surface area contributed by atoms with Crippen LogP contribution in [0.25, 0.3) is 5.52 Å². The topological polar surface area (TPSA) is 76.4 Å². The molecule has 11 heavy (non-hydrogen) atoms. The Hall–Kier alpha value is -1.78. The first-order valence-corrected chi connectivity index (χ1v) is 3.05. The van der Waals surface area contributed by atoms with E-state index in [-0.39, 0.29) is 5.75 Å². The van der Waals surface area contributed by atoms with Crippen molar-refractivity contribution in [3.63, 3.8) is 0 Å².